The molecule has 3 N–H and O–H groups in total. The number of rotatable bonds is 8. The molecular weight excluding hydrogens is 479 g/mol. The van der Waals surface area contributed by atoms with Crippen LogP contribution in [0.3, 0.4) is 0 Å². The molecule has 1 unspecified atom stereocenters. The third-order valence-electron chi connectivity index (χ3n) is 6.75. The van der Waals surface area contributed by atoms with Gasteiger partial charge in [0.1, 0.15) is 0 Å². The van der Waals surface area contributed by atoms with Gasteiger partial charge in [0.25, 0.3) is 0 Å². The van der Waals surface area contributed by atoms with Crippen molar-refractivity contribution in [2.75, 3.05) is 32.0 Å². The maximum Gasteiger partial charge on any atom is 0.181 e. The molecule has 1 aliphatic heterocycles. The van der Waals surface area contributed by atoms with Gasteiger partial charge in [-0.3, -0.25) is 5.32 Å². The Kier molecular flexibility index (Phi) is 8.67. The summed E-state index contributed by atoms with van der Waals surface area (Å²) in [6, 6.07) is 23.7. The first-order chi connectivity index (χ1) is 16.9. The summed E-state index contributed by atoms with van der Waals surface area (Å²) in [5.74, 6) is 0.775. The third-order valence-corrected chi connectivity index (χ3v) is 7.49. The Hall–Kier alpha value is -2.59. The molecule has 3 aromatic carbocycles. The number of likely N-dealkylation sites (tertiary alicyclic amines) is 1. The number of hydrogen-bond acceptors (Lipinski definition) is 5. The quantitative estimate of drug-likeness (QED) is 0.328. The summed E-state index contributed by atoms with van der Waals surface area (Å²) in [5.41, 5.74) is 4.71. The van der Waals surface area contributed by atoms with Crippen molar-refractivity contribution in [3.8, 4) is 17.2 Å². The van der Waals surface area contributed by atoms with Crippen molar-refractivity contribution < 1.29 is 5.11 Å². The van der Waals surface area contributed by atoms with Crippen LogP contribution in [0.1, 0.15) is 29.9 Å². The SMILES string of the molecule is CN1CCC(C(CN[C@@H](O)Nc2ccc(Cl)c(Cl)c2)c2ccc(-c3cccc(C#N)c3)cc2)CC1. The van der Waals surface area contributed by atoms with Crippen LogP contribution >= 0.6 is 23.2 Å². The Morgan fingerprint density at radius 3 is 2.43 bits per heavy atom. The number of nitrogens with one attached hydrogen (secondary N) is 2. The van der Waals surface area contributed by atoms with Gasteiger partial charge in [-0.15, -0.1) is 0 Å². The van der Waals surface area contributed by atoms with E-state index in [0.717, 1.165) is 37.1 Å². The fraction of sp³-hybridized carbons (Fsp3) is 0.321. The summed E-state index contributed by atoms with van der Waals surface area (Å²) in [4.78, 5) is 2.37. The number of halogens is 2. The van der Waals surface area contributed by atoms with Crippen LogP contribution in [0.4, 0.5) is 5.69 Å². The zero-order valence-electron chi connectivity index (χ0n) is 19.7. The molecule has 0 saturated carbocycles. The molecule has 1 aliphatic rings. The number of nitriles is 1. The molecule has 1 heterocycles. The highest BCUT2D eigenvalue weighted by Gasteiger charge is 2.27. The molecule has 2 atom stereocenters. The topological polar surface area (TPSA) is 71.3 Å². The predicted octanol–water partition coefficient (Wildman–Crippen LogP) is 5.94. The maximum absolute atomic E-state index is 10.6. The van der Waals surface area contributed by atoms with Gasteiger partial charge in [0.15, 0.2) is 6.35 Å². The van der Waals surface area contributed by atoms with Crippen LogP contribution < -0.4 is 10.6 Å². The van der Waals surface area contributed by atoms with E-state index in [0.29, 0.717) is 33.8 Å². The lowest BCUT2D eigenvalue weighted by Gasteiger charge is -2.35. The van der Waals surface area contributed by atoms with E-state index in [1.807, 2.05) is 24.3 Å². The number of aliphatic hydroxyl groups excluding tert-OH is 1. The second-order valence-electron chi connectivity index (χ2n) is 9.15. The molecule has 0 aromatic heterocycles. The monoisotopic (exact) mass is 508 g/mol. The lowest BCUT2D eigenvalue weighted by Crippen LogP contribution is -2.41. The van der Waals surface area contributed by atoms with Gasteiger partial charge >= 0.3 is 0 Å². The lowest BCUT2D eigenvalue weighted by atomic mass is 9.79. The van der Waals surface area contributed by atoms with Gasteiger partial charge in [0, 0.05) is 12.2 Å². The Morgan fingerprint density at radius 1 is 1.00 bits per heavy atom. The van der Waals surface area contributed by atoms with E-state index in [1.54, 1.807) is 18.2 Å². The minimum absolute atomic E-state index is 0.258. The first-order valence-corrected chi connectivity index (χ1v) is 12.6. The molecular formula is C28H30Cl2N4O. The molecule has 0 radical (unpaired) electrons. The van der Waals surface area contributed by atoms with E-state index in [2.05, 4.69) is 52.9 Å². The lowest BCUT2D eigenvalue weighted by molar-refractivity contribution is 0.147. The Balaban J connectivity index is 1.48. The Labute approximate surface area is 217 Å². The maximum atomic E-state index is 10.6. The Bertz CT molecular complexity index is 1170. The van der Waals surface area contributed by atoms with Crippen LogP contribution in [0, 0.1) is 17.2 Å². The summed E-state index contributed by atoms with van der Waals surface area (Å²) in [6.45, 7) is 2.78. The highest BCUT2D eigenvalue weighted by molar-refractivity contribution is 6.42. The number of anilines is 1. The second-order valence-corrected chi connectivity index (χ2v) is 9.96. The van der Waals surface area contributed by atoms with Gasteiger partial charge in [-0.25, -0.2) is 0 Å². The van der Waals surface area contributed by atoms with Crippen molar-refractivity contribution in [3.63, 3.8) is 0 Å². The van der Waals surface area contributed by atoms with Crippen molar-refractivity contribution in [2.45, 2.75) is 25.1 Å². The summed E-state index contributed by atoms with van der Waals surface area (Å²) in [7, 11) is 2.17. The van der Waals surface area contributed by atoms with Crippen molar-refractivity contribution in [1.82, 2.24) is 10.2 Å². The third kappa shape index (κ3) is 6.76. The highest BCUT2D eigenvalue weighted by atomic mass is 35.5. The Morgan fingerprint density at radius 2 is 1.74 bits per heavy atom. The molecule has 3 aromatic rings. The molecule has 0 spiro atoms. The summed E-state index contributed by atoms with van der Waals surface area (Å²) in [6.07, 6.45) is 1.31. The molecule has 182 valence electrons. The molecule has 4 rings (SSSR count). The summed E-state index contributed by atoms with van der Waals surface area (Å²) < 4.78 is 0. The molecule has 35 heavy (non-hydrogen) atoms. The number of nitrogens with zero attached hydrogens (tertiary/aromatic N) is 2. The first-order valence-electron chi connectivity index (χ1n) is 11.8. The number of aliphatic hydroxyl groups is 1. The normalized spacial score (nSPS) is 16.4. The van der Waals surface area contributed by atoms with Crippen molar-refractivity contribution in [1.29, 1.82) is 5.26 Å². The van der Waals surface area contributed by atoms with Crippen molar-refractivity contribution >= 4 is 28.9 Å². The van der Waals surface area contributed by atoms with E-state index in [1.165, 1.54) is 5.56 Å². The van der Waals surface area contributed by atoms with Crippen LogP contribution in [0.25, 0.3) is 11.1 Å². The van der Waals surface area contributed by atoms with E-state index < -0.39 is 6.35 Å². The van der Waals surface area contributed by atoms with Crippen LogP contribution in [0.5, 0.6) is 0 Å². The molecule has 0 amide bonds. The zero-order valence-corrected chi connectivity index (χ0v) is 21.2. The van der Waals surface area contributed by atoms with Gasteiger partial charge in [-0.05, 0) is 91.8 Å². The second kappa shape index (κ2) is 11.9. The van der Waals surface area contributed by atoms with Gasteiger partial charge in [-0.1, -0.05) is 59.6 Å². The fourth-order valence-electron chi connectivity index (χ4n) is 4.71. The minimum atomic E-state index is -0.922. The predicted molar refractivity (Wildman–Crippen MR) is 144 cm³/mol. The summed E-state index contributed by atoms with van der Waals surface area (Å²) in [5, 5.41) is 27.0. The van der Waals surface area contributed by atoms with E-state index in [9.17, 15) is 10.4 Å². The van der Waals surface area contributed by atoms with Gasteiger partial charge in [-0.2, -0.15) is 5.26 Å². The molecule has 1 fully saturated rings. The van der Waals surface area contributed by atoms with Gasteiger partial charge < -0.3 is 15.3 Å². The average Bonchev–Trinajstić information content (AvgIpc) is 2.88. The van der Waals surface area contributed by atoms with E-state index in [-0.39, 0.29) is 5.92 Å². The van der Waals surface area contributed by atoms with Crippen LogP contribution in [-0.2, 0) is 0 Å². The molecule has 1 saturated heterocycles. The minimum Gasteiger partial charge on any atom is -0.361 e. The zero-order chi connectivity index (χ0) is 24.8. The largest absolute Gasteiger partial charge is 0.361 e. The number of benzene rings is 3. The smallest absolute Gasteiger partial charge is 0.181 e. The van der Waals surface area contributed by atoms with E-state index >= 15 is 0 Å². The fourth-order valence-corrected chi connectivity index (χ4v) is 5.01. The highest BCUT2D eigenvalue weighted by Crippen LogP contribution is 2.33. The van der Waals surface area contributed by atoms with Gasteiger partial charge in [0.2, 0.25) is 0 Å². The summed E-state index contributed by atoms with van der Waals surface area (Å²) >= 11 is 12.1. The van der Waals surface area contributed by atoms with Crippen LogP contribution in [0.15, 0.2) is 66.7 Å². The van der Waals surface area contributed by atoms with Gasteiger partial charge in [0.05, 0.1) is 21.7 Å². The number of hydrogen-bond donors (Lipinski definition) is 3. The van der Waals surface area contributed by atoms with Crippen LogP contribution in [-0.4, -0.2) is 43.0 Å². The average molecular weight is 509 g/mol. The van der Waals surface area contributed by atoms with E-state index in [4.69, 9.17) is 23.2 Å². The standard InChI is InChI=1S/C28H30Cl2N4O/c1-34-13-11-22(12-14-34)25(18-32-28(35)33-24-9-10-26(29)27(30)16-24)21-7-5-20(6-8-21)23-4-2-3-19(15-23)17-31/h2-10,15-16,22,25,28,32-33,35H,11-14,18H2,1H3/t25?,28-/m1/s1. The van der Waals surface area contributed by atoms with Crippen LogP contribution in [0.2, 0.25) is 10.0 Å². The molecule has 0 aliphatic carbocycles. The van der Waals surface area contributed by atoms with Crippen molar-refractivity contribution in [2.24, 2.45) is 5.92 Å². The number of piperidine rings is 1. The molecule has 7 heteroatoms. The van der Waals surface area contributed by atoms with Crippen molar-refractivity contribution in [3.05, 3.63) is 87.9 Å². The first kappa shape index (κ1) is 25.5. The molecule has 0 bridgehead atoms. The molecule has 5 nitrogen and oxygen atoms in total.